The fourth-order valence-corrected chi connectivity index (χ4v) is 3.47. The Morgan fingerprint density at radius 1 is 1.15 bits per heavy atom. The smallest absolute Gasteiger partial charge is 0.340 e. The Labute approximate surface area is 155 Å². The van der Waals surface area contributed by atoms with E-state index in [1.165, 1.54) is 12.5 Å². The summed E-state index contributed by atoms with van der Waals surface area (Å²) in [5.74, 6) is -0.101. The van der Waals surface area contributed by atoms with E-state index in [1.807, 2.05) is 4.90 Å². The Morgan fingerprint density at radius 3 is 2.59 bits per heavy atom. The predicted octanol–water partition coefficient (Wildman–Crippen LogP) is 3.56. The average molecular weight is 401 g/mol. The van der Waals surface area contributed by atoms with E-state index in [0.717, 1.165) is 18.8 Å². The van der Waals surface area contributed by atoms with Gasteiger partial charge in [-0.15, -0.1) is 0 Å². The highest BCUT2D eigenvalue weighted by atomic mass is 35.5. The maximum atomic E-state index is 14.1. The van der Waals surface area contributed by atoms with Crippen LogP contribution in [0.15, 0.2) is 24.9 Å². The van der Waals surface area contributed by atoms with E-state index in [-0.39, 0.29) is 22.4 Å². The van der Waals surface area contributed by atoms with E-state index in [4.69, 9.17) is 11.6 Å². The molecule has 1 saturated heterocycles. The van der Waals surface area contributed by atoms with Crippen molar-refractivity contribution < 1.29 is 17.6 Å². The number of aromatic nitrogens is 5. The molecule has 0 aliphatic carbocycles. The zero-order valence-corrected chi connectivity index (χ0v) is 14.5. The molecule has 1 fully saturated rings. The lowest BCUT2D eigenvalue weighted by molar-refractivity contribution is -0.138. The molecule has 4 rings (SSSR count). The summed E-state index contributed by atoms with van der Waals surface area (Å²) in [6.45, 7) is 1.64. The highest BCUT2D eigenvalue weighted by Gasteiger charge is 2.32. The monoisotopic (exact) mass is 400 g/mol. The SMILES string of the molecule is Fc1cn(C[C@H]2CCN(c3ncc(C(F)(F)F)cn3)C2)c2ncnc(Cl)c12. The van der Waals surface area contributed by atoms with Gasteiger partial charge in [0.05, 0.1) is 10.9 Å². The van der Waals surface area contributed by atoms with E-state index in [2.05, 4.69) is 19.9 Å². The minimum Gasteiger partial charge on any atom is -0.340 e. The number of rotatable bonds is 3. The largest absolute Gasteiger partial charge is 0.419 e. The van der Waals surface area contributed by atoms with Gasteiger partial charge in [0.15, 0.2) is 5.82 Å². The molecule has 0 bridgehead atoms. The number of hydrogen-bond donors (Lipinski definition) is 0. The second-order valence-electron chi connectivity index (χ2n) is 6.36. The van der Waals surface area contributed by atoms with Gasteiger partial charge in [-0.3, -0.25) is 0 Å². The number of fused-ring (bicyclic) bond motifs is 1. The van der Waals surface area contributed by atoms with Gasteiger partial charge in [0.25, 0.3) is 0 Å². The van der Waals surface area contributed by atoms with Crippen LogP contribution in [0.5, 0.6) is 0 Å². The molecule has 0 N–H and O–H groups in total. The molecule has 27 heavy (non-hydrogen) atoms. The Kier molecular flexibility index (Phi) is 4.37. The fourth-order valence-electron chi connectivity index (χ4n) is 3.25. The topological polar surface area (TPSA) is 59.7 Å². The summed E-state index contributed by atoms with van der Waals surface area (Å²) in [6.07, 6.45) is 0.478. The van der Waals surface area contributed by atoms with E-state index in [9.17, 15) is 17.6 Å². The number of anilines is 1. The van der Waals surface area contributed by atoms with E-state index in [1.54, 1.807) is 4.57 Å². The molecule has 0 spiro atoms. The summed E-state index contributed by atoms with van der Waals surface area (Å²) in [6, 6.07) is 0. The fraction of sp³-hybridized carbons (Fsp3) is 0.375. The third kappa shape index (κ3) is 3.41. The molecule has 0 unspecified atom stereocenters. The molecule has 0 radical (unpaired) electrons. The van der Waals surface area contributed by atoms with Gasteiger partial charge in [0, 0.05) is 38.2 Å². The van der Waals surface area contributed by atoms with Crippen LogP contribution in [-0.2, 0) is 12.7 Å². The molecule has 0 saturated carbocycles. The van der Waals surface area contributed by atoms with Crippen molar-refractivity contribution in [1.29, 1.82) is 0 Å². The molecule has 142 valence electrons. The van der Waals surface area contributed by atoms with Crippen LogP contribution in [0.4, 0.5) is 23.5 Å². The van der Waals surface area contributed by atoms with Crippen molar-refractivity contribution >= 4 is 28.6 Å². The molecule has 3 aromatic heterocycles. The molecule has 0 amide bonds. The standard InChI is InChI=1S/C16H13ClF4N6/c17-13-12-11(18)7-27(14(12)25-8-24-13)6-9-1-2-26(5-9)15-22-3-10(4-23-15)16(19,20)21/h3-4,7-9H,1-2,5-6H2/t9-/m0/s1. The molecule has 3 aromatic rings. The first kappa shape index (κ1) is 17.9. The van der Waals surface area contributed by atoms with Gasteiger partial charge >= 0.3 is 6.18 Å². The third-order valence-corrected chi connectivity index (χ3v) is 4.84. The molecule has 4 heterocycles. The normalized spacial score (nSPS) is 17.8. The Bertz CT molecular complexity index is 971. The maximum absolute atomic E-state index is 14.1. The Hall–Kier alpha value is -2.49. The minimum absolute atomic E-state index is 0.0578. The Balaban J connectivity index is 1.48. The number of halogens is 5. The quantitative estimate of drug-likeness (QED) is 0.497. The van der Waals surface area contributed by atoms with Crippen molar-refractivity contribution in [3.63, 3.8) is 0 Å². The van der Waals surface area contributed by atoms with Gasteiger partial charge in [-0.05, 0) is 12.3 Å². The summed E-state index contributed by atoms with van der Waals surface area (Å²) in [5, 5.41) is 0.238. The number of nitrogens with zero attached hydrogens (tertiary/aromatic N) is 6. The number of alkyl halides is 3. The zero-order chi connectivity index (χ0) is 19.2. The summed E-state index contributed by atoms with van der Waals surface area (Å²) in [7, 11) is 0. The van der Waals surface area contributed by atoms with Gasteiger partial charge in [-0.1, -0.05) is 11.6 Å². The van der Waals surface area contributed by atoms with Gasteiger partial charge < -0.3 is 9.47 Å². The Morgan fingerprint density at radius 2 is 1.89 bits per heavy atom. The summed E-state index contributed by atoms with van der Waals surface area (Å²) < 4.78 is 53.6. The zero-order valence-electron chi connectivity index (χ0n) is 13.8. The van der Waals surface area contributed by atoms with Crippen LogP contribution >= 0.6 is 11.6 Å². The first-order valence-corrected chi connectivity index (χ1v) is 8.49. The van der Waals surface area contributed by atoms with Crippen molar-refractivity contribution in [2.24, 2.45) is 5.92 Å². The second kappa shape index (κ2) is 6.59. The van der Waals surface area contributed by atoms with E-state index < -0.39 is 17.6 Å². The summed E-state index contributed by atoms with van der Waals surface area (Å²) in [5.41, 5.74) is -0.468. The van der Waals surface area contributed by atoms with Crippen molar-refractivity contribution in [2.45, 2.75) is 19.1 Å². The van der Waals surface area contributed by atoms with Crippen LogP contribution in [-0.4, -0.2) is 37.6 Å². The molecule has 0 aromatic carbocycles. The molecule has 1 atom stereocenters. The van der Waals surface area contributed by atoms with Crippen LogP contribution in [0, 0.1) is 11.7 Å². The molecular formula is C16H13ClF4N6. The first-order valence-electron chi connectivity index (χ1n) is 8.12. The lowest BCUT2D eigenvalue weighted by atomic mass is 10.1. The summed E-state index contributed by atoms with van der Waals surface area (Å²) >= 11 is 5.93. The van der Waals surface area contributed by atoms with Gasteiger partial charge in [-0.2, -0.15) is 13.2 Å². The first-order chi connectivity index (χ1) is 12.8. The highest BCUT2D eigenvalue weighted by molar-refractivity contribution is 6.33. The van der Waals surface area contributed by atoms with Crippen LogP contribution in [0.3, 0.4) is 0 Å². The average Bonchev–Trinajstić information content (AvgIpc) is 3.21. The van der Waals surface area contributed by atoms with E-state index >= 15 is 0 Å². The van der Waals surface area contributed by atoms with Crippen LogP contribution < -0.4 is 4.90 Å². The molecular weight excluding hydrogens is 388 g/mol. The number of hydrogen-bond acceptors (Lipinski definition) is 5. The lowest BCUT2D eigenvalue weighted by Crippen LogP contribution is -2.23. The minimum atomic E-state index is -4.46. The molecule has 11 heteroatoms. The second-order valence-corrected chi connectivity index (χ2v) is 6.72. The van der Waals surface area contributed by atoms with Crippen LogP contribution in [0.1, 0.15) is 12.0 Å². The van der Waals surface area contributed by atoms with E-state index in [0.29, 0.717) is 25.3 Å². The van der Waals surface area contributed by atoms with Crippen molar-refractivity contribution in [3.05, 3.63) is 41.5 Å². The predicted molar refractivity (Wildman–Crippen MR) is 89.9 cm³/mol. The summed E-state index contributed by atoms with van der Waals surface area (Å²) in [4.78, 5) is 17.3. The van der Waals surface area contributed by atoms with Gasteiger partial charge in [-0.25, -0.2) is 24.3 Å². The third-order valence-electron chi connectivity index (χ3n) is 4.55. The van der Waals surface area contributed by atoms with Gasteiger partial charge in [0.1, 0.15) is 17.1 Å². The maximum Gasteiger partial charge on any atom is 0.419 e. The van der Waals surface area contributed by atoms with Gasteiger partial charge in [0.2, 0.25) is 5.95 Å². The lowest BCUT2D eigenvalue weighted by Gasteiger charge is -2.17. The van der Waals surface area contributed by atoms with Crippen LogP contribution in [0.2, 0.25) is 5.15 Å². The highest BCUT2D eigenvalue weighted by Crippen LogP contribution is 2.30. The molecule has 6 nitrogen and oxygen atoms in total. The van der Waals surface area contributed by atoms with Crippen molar-refractivity contribution in [1.82, 2.24) is 24.5 Å². The van der Waals surface area contributed by atoms with Crippen molar-refractivity contribution in [2.75, 3.05) is 18.0 Å². The molecule has 1 aliphatic rings. The van der Waals surface area contributed by atoms with Crippen molar-refractivity contribution in [3.8, 4) is 0 Å². The van der Waals surface area contributed by atoms with Crippen LogP contribution in [0.25, 0.3) is 11.0 Å². The molecule has 1 aliphatic heterocycles.